The Bertz CT molecular complexity index is 1130. The van der Waals surface area contributed by atoms with Crippen LogP contribution in [0.5, 0.6) is 0 Å². The summed E-state index contributed by atoms with van der Waals surface area (Å²) < 4.78 is 1.15. The highest BCUT2D eigenvalue weighted by Gasteiger charge is 2.54. The van der Waals surface area contributed by atoms with E-state index in [0.29, 0.717) is 18.5 Å². The number of fused-ring (bicyclic) bond motifs is 1. The van der Waals surface area contributed by atoms with E-state index < -0.39 is 16.8 Å². The molecule has 0 spiro atoms. The van der Waals surface area contributed by atoms with E-state index in [2.05, 4.69) is 24.4 Å². The van der Waals surface area contributed by atoms with Gasteiger partial charge >= 0.3 is 0 Å². The molecule has 6 heteroatoms. The molecular weight excluding hydrogens is 396 g/mol. The van der Waals surface area contributed by atoms with Crippen LogP contribution < -0.4 is 10.4 Å². The maximum absolute atomic E-state index is 12.9. The Balaban J connectivity index is 1.51. The molecule has 1 N–H and O–H groups in total. The van der Waals surface area contributed by atoms with Gasteiger partial charge in [-0.15, -0.1) is 11.3 Å². The quantitative estimate of drug-likeness (QED) is 0.677. The highest BCUT2D eigenvalue weighted by atomic mass is 32.1. The van der Waals surface area contributed by atoms with Crippen LogP contribution in [-0.4, -0.2) is 16.9 Å². The van der Waals surface area contributed by atoms with Crippen molar-refractivity contribution >= 4 is 39.1 Å². The van der Waals surface area contributed by atoms with E-state index in [1.165, 1.54) is 5.56 Å². The molecule has 2 atom stereocenters. The average Bonchev–Trinajstić information content (AvgIpc) is 3.21. The summed E-state index contributed by atoms with van der Waals surface area (Å²) in [5.74, 6) is -1.61. The van der Waals surface area contributed by atoms with Crippen LogP contribution in [0.15, 0.2) is 42.5 Å². The molecule has 0 unspecified atom stereocenters. The van der Waals surface area contributed by atoms with Crippen LogP contribution in [0, 0.1) is 23.7 Å². The molecule has 1 aliphatic rings. The summed E-state index contributed by atoms with van der Waals surface area (Å²) in [6, 6.07) is 13.9. The van der Waals surface area contributed by atoms with E-state index in [4.69, 9.17) is 4.98 Å². The van der Waals surface area contributed by atoms with Crippen molar-refractivity contribution in [3.8, 4) is 10.6 Å². The van der Waals surface area contributed by atoms with Gasteiger partial charge in [0, 0.05) is 28.6 Å². The standard InChI is InChI=1S/C24H26N2O3S/c1-14-5-10-18-19(13-14)30-21(26-18)15-6-8-16(9-7-15)25-20(27)17-11-12-24(4,22(28)29)23(17,2)3/h5-10,13,17H,11-12H2,1-4H3,(H,25,27)(H,28,29)/p-1/t17-,24-/m1/s1. The minimum atomic E-state index is -1.09. The average molecular weight is 422 g/mol. The normalized spacial score (nSPS) is 22.9. The Labute approximate surface area is 180 Å². The summed E-state index contributed by atoms with van der Waals surface area (Å²) in [4.78, 5) is 29.3. The second-order valence-corrected chi connectivity index (χ2v) is 10.0. The van der Waals surface area contributed by atoms with Gasteiger partial charge in [0.25, 0.3) is 0 Å². The van der Waals surface area contributed by atoms with Crippen LogP contribution >= 0.6 is 11.3 Å². The zero-order valence-corrected chi connectivity index (χ0v) is 18.4. The number of carboxylic acids is 1. The number of carboxylic acid groups (broad SMARTS) is 1. The van der Waals surface area contributed by atoms with Crippen LogP contribution in [-0.2, 0) is 9.59 Å². The van der Waals surface area contributed by atoms with Gasteiger partial charge < -0.3 is 15.2 Å². The molecule has 1 aromatic heterocycles. The number of hydrogen-bond donors (Lipinski definition) is 1. The minimum Gasteiger partial charge on any atom is -0.550 e. The van der Waals surface area contributed by atoms with Gasteiger partial charge in [0.05, 0.1) is 10.2 Å². The lowest BCUT2D eigenvalue weighted by Gasteiger charge is -2.41. The van der Waals surface area contributed by atoms with Gasteiger partial charge in [-0.05, 0) is 67.1 Å². The summed E-state index contributed by atoms with van der Waals surface area (Å²) in [6.07, 6.45) is 0.975. The Morgan fingerprint density at radius 2 is 1.83 bits per heavy atom. The molecule has 156 valence electrons. The lowest BCUT2D eigenvalue weighted by Crippen LogP contribution is -2.49. The summed E-state index contributed by atoms with van der Waals surface area (Å²) in [5, 5.41) is 15.6. The van der Waals surface area contributed by atoms with Crippen molar-refractivity contribution in [1.29, 1.82) is 0 Å². The summed E-state index contributed by atoms with van der Waals surface area (Å²) >= 11 is 1.65. The lowest BCUT2D eigenvalue weighted by molar-refractivity contribution is -0.323. The zero-order chi connectivity index (χ0) is 21.7. The number of rotatable bonds is 4. The Morgan fingerprint density at radius 3 is 2.47 bits per heavy atom. The van der Waals surface area contributed by atoms with Gasteiger partial charge in [-0.3, -0.25) is 4.79 Å². The number of carbonyl (C=O) groups excluding carboxylic acids is 2. The molecule has 0 saturated heterocycles. The number of aromatic nitrogens is 1. The second-order valence-electron chi connectivity index (χ2n) is 8.99. The number of benzene rings is 2. The van der Waals surface area contributed by atoms with Crippen LogP contribution in [0.3, 0.4) is 0 Å². The van der Waals surface area contributed by atoms with E-state index in [-0.39, 0.29) is 11.8 Å². The molecule has 2 aromatic carbocycles. The zero-order valence-electron chi connectivity index (χ0n) is 17.6. The van der Waals surface area contributed by atoms with Crippen LogP contribution in [0.1, 0.15) is 39.2 Å². The third kappa shape index (κ3) is 3.29. The van der Waals surface area contributed by atoms with E-state index in [1.54, 1.807) is 18.3 Å². The molecule has 1 saturated carbocycles. The van der Waals surface area contributed by atoms with Crippen molar-refractivity contribution in [2.45, 2.75) is 40.5 Å². The summed E-state index contributed by atoms with van der Waals surface area (Å²) in [6.45, 7) is 7.44. The molecule has 3 aromatic rings. The van der Waals surface area contributed by atoms with Crippen LogP contribution in [0.2, 0.25) is 0 Å². The number of carbonyl (C=O) groups is 2. The first-order valence-electron chi connectivity index (χ1n) is 10.1. The molecule has 5 nitrogen and oxygen atoms in total. The highest BCUT2D eigenvalue weighted by molar-refractivity contribution is 7.21. The topological polar surface area (TPSA) is 82.1 Å². The molecule has 0 radical (unpaired) electrons. The summed E-state index contributed by atoms with van der Waals surface area (Å²) in [5.41, 5.74) is 2.19. The summed E-state index contributed by atoms with van der Waals surface area (Å²) in [7, 11) is 0. The Morgan fingerprint density at radius 1 is 1.13 bits per heavy atom. The van der Waals surface area contributed by atoms with Crippen molar-refractivity contribution in [1.82, 2.24) is 4.98 Å². The van der Waals surface area contributed by atoms with E-state index in [1.807, 2.05) is 44.2 Å². The van der Waals surface area contributed by atoms with Crippen molar-refractivity contribution in [2.24, 2.45) is 16.7 Å². The smallest absolute Gasteiger partial charge is 0.228 e. The maximum atomic E-state index is 12.9. The largest absolute Gasteiger partial charge is 0.550 e. The fourth-order valence-electron chi connectivity index (χ4n) is 4.41. The predicted molar refractivity (Wildman–Crippen MR) is 118 cm³/mol. The van der Waals surface area contributed by atoms with Gasteiger partial charge in [-0.25, -0.2) is 4.98 Å². The monoisotopic (exact) mass is 421 g/mol. The molecule has 1 amide bonds. The number of amides is 1. The number of hydrogen-bond acceptors (Lipinski definition) is 5. The number of thiazole rings is 1. The first kappa shape index (κ1) is 20.5. The van der Waals surface area contributed by atoms with E-state index in [9.17, 15) is 14.7 Å². The first-order valence-corrected chi connectivity index (χ1v) is 10.9. The molecule has 0 aliphatic heterocycles. The number of nitrogens with one attached hydrogen (secondary N) is 1. The van der Waals surface area contributed by atoms with Gasteiger partial charge in [0.1, 0.15) is 5.01 Å². The minimum absolute atomic E-state index is 0.145. The molecule has 1 aliphatic carbocycles. The highest BCUT2D eigenvalue weighted by Crippen LogP contribution is 2.55. The van der Waals surface area contributed by atoms with Crippen molar-refractivity contribution in [3.05, 3.63) is 48.0 Å². The molecule has 30 heavy (non-hydrogen) atoms. The number of aliphatic carboxylic acids is 1. The van der Waals surface area contributed by atoms with Crippen LogP contribution in [0.25, 0.3) is 20.8 Å². The Hall–Kier alpha value is -2.73. The number of anilines is 1. The molecule has 1 fully saturated rings. The third-order valence-corrected chi connectivity index (χ3v) is 8.00. The molecule has 4 rings (SSSR count). The molecule has 0 bridgehead atoms. The van der Waals surface area contributed by atoms with Gasteiger partial charge in [-0.2, -0.15) is 0 Å². The van der Waals surface area contributed by atoms with Crippen molar-refractivity contribution < 1.29 is 14.7 Å². The van der Waals surface area contributed by atoms with Crippen molar-refractivity contribution in [2.75, 3.05) is 5.32 Å². The Kier molecular flexibility index (Phi) is 4.93. The van der Waals surface area contributed by atoms with Crippen LogP contribution in [0.4, 0.5) is 5.69 Å². The predicted octanol–water partition coefficient (Wildman–Crippen LogP) is 4.40. The van der Waals surface area contributed by atoms with Gasteiger partial charge in [0.2, 0.25) is 5.91 Å². The van der Waals surface area contributed by atoms with E-state index in [0.717, 1.165) is 20.8 Å². The fourth-order valence-corrected chi connectivity index (χ4v) is 5.47. The van der Waals surface area contributed by atoms with Crippen molar-refractivity contribution in [3.63, 3.8) is 0 Å². The molecule has 1 heterocycles. The lowest BCUT2D eigenvalue weighted by atomic mass is 9.65. The SMILES string of the molecule is Cc1ccc2nc(-c3ccc(NC(=O)[C@H]4CC[C@](C)(C(=O)[O-])C4(C)C)cc3)sc2c1. The molecular formula is C24H25N2O3S-. The van der Waals surface area contributed by atoms with Gasteiger partial charge in [-0.1, -0.05) is 26.8 Å². The maximum Gasteiger partial charge on any atom is 0.228 e. The number of aryl methyl sites for hydroxylation is 1. The second kappa shape index (κ2) is 7.20. The van der Waals surface area contributed by atoms with E-state index >= 15 is 0 Å². The number of nitrogens with zero attached hydrogens (tertiary/aromatic N) is 1. The third-order valence-electron chi connectivity index (χ3n) is 6.94. The van der Waals surface area contributed by atoms with Gasteiger partial charge in [0.15, 0.2) is 0 Å². The fraction of sp³-hybridized carbons (Fsp3) is 0.375. The first-order chi connectivity index (χ1) is 14.1.